The van der Waals surface area contributed by atoms with Crippen LogP contribution in [-0.4, -0.2) is 37.5 Å². The van der Waals surface area contributed by atoms with Gasteiger partial charge in [-0.15, -0.1) is 0 Å². The first-order valence-corrected chi connectivity index (χ1v) is 8.69. The van der Waals surface area contributed by atoms with Crippen LogP contribution in [0.2, 0.25) is 0 Å². The summed E-state index contributed by atoms with van der Waals surface area (Å²) < 4.78 is 11.1. The molecule has 8 nitrogen and oxygen atoms in total. The molecule has 0 aromatic heterocycles. The molecule has 2 N–H and O–H groups in total. The summed E-state index contributed by atoms with van der Waals surface area (Å²) in [4.78, 5) is 37.6. The van der Waals surface area contributed by atoms with E-state index in [1.54, 1.807) is 42.5 Å². The van der Waals surface area contributed by atoms with Crippen LogP contribution in [0.4, 0.5) is 17.1 Å². The van der Waals surface area contributed by atoms with Crippen molar-refractivity contribution >= 4 is 34.8 Å². The van der Waals surface area contributed by atoms with E-state index in [1.807, 2.05) is 0 Å². The number of anilines is 3. The minimum atomic E-state index is -0.895. The maximum absolute atomic E-state index is 12.8. The molecule has 3 amide bonds. The number of amides is 3. The van der Waals surface area contributed by atoms with Gasteiger partial charge in [0.1, 0.15) is 11.5 Å². The second-order valence-corrected chi connectivity index (χ2v) is 6.29. The van der Waals surface area contributed by atoms with Crippen LogP contribution in [-0.2, 0) is 14.4 Å². The molecule has 2 aromatic rings. The minimum absolute atomic E-state index is 0.0892. The van der Waals surface area contributed by atoms with E-state index in [0.29, 0.717) is 28.6 Å². The lowest BCUT2D eigenvalue weighted by Gasteiger charge is -2.33. The first kappa shape index (κ1) is 19.2. The van der Waals surface area contributed by atoms with Gasteiger partial charge in [-0.05, 0) is 30.3 Å². The maximum atomic E-state index is 12.8. The molecular weight excluding hydrogens is 362 g/mol. The summed E-state index contributed by atoms with van der Waals surface area (Å²) in [5, 5.41) is 5.41. The van der Waals surface area contributed by atoms with Crippen molar-refractivity contribution in [2.75, 3.05) is 29.2 Å². The molecule has 0 spiro atoms. The van der Waals surface area contributed by atoms with Crippen molar-refractivity contribution in [2.45, 2.75) is 20.0 Å². The Morgan fingerprint density at radius 1 is 1.11 bits per heavy atom. The molecule has 2 aromatic carbocycles. The van der Waals surface area contributed by atoms with Crippen LogP contribution in [0, 0.1) is 0 Å². The third-order valence-corrected chi connectivity index (χ3v) is 4.22. The van der Waals surface area contributed by atoms with E-state index in [-0.39, 0.29) is 18.4 Å². The molecule has 0 radical (unpaired) electrons. The molecule has 146 valence electrons. The quantitative estimate of drug-likeness (QED) is 0.845. The highest BCUT2D eigenvalue weighted by Gasteiger charge is 2.32. The van der Waals surface area contributed by atoms with Gasteiger partial charge in [0.25, 0.3) is 5.91 Å². The summed E-state index contributed by atoms with van der Waals surface area (Å²) in [5.74, 6) is 0.0507. The van der Waals surface area contributed by atoms with Crippen molar-refractivity contribution in [3.8, 4) is 11.5 Å². The van der Waals surface area contributed by atoms with E-state index in [1.165, 1.54) is 25.9 Å². The second kappa shape index (κ2) is 7.99. The smallest absolute Gasteiger partial charge is 0.267 e. The summed E-state index contributed by atoms with van der Waals surface area (Å²) >= 11 is 0. The third-order valence-electron chi connectivity index (χ3n) is 4.22. The van der Waals surface area contributed by atoms with Gasteiger partial charge in [0.15, 0.2) is 6.10 Å². The van der Waals surface area contributed by atoms with Crippen LogP contribution in [0.1, 0.15) is 13.8 Å². The van der Waals surface area contributed by atoms with Crippen molar-refractivity contribution in [3.63, 3.8) is 0 Å². The van der Waals surface area contributed by atoms with Gasteiger partial charge in [-0.3, -0.25) is 14.4 Å². The van der Waals surface area contributed by atoms with Crippen LogP contribution < -0.4 is 25.0 Å². The Kier molecular flexibility index (Phi) is 5.49. The van der Waals surface area contributed by atoms with Gasteiger partial charge in [-0.25, -0.2) is 0 Å². The van der Waals surface area contributed by atoms with Gasteiger partial charge in [-0.2, -0.15) is 0 Å². The number of nitrogens with zero attached hydrogens (tertiary/aromatic N) is 1. The van der Waals surface area contributed by atoms with Gasteiger partial charge in [-0.1, -0.05) is 12.1 Å². The van der Waals surface area contributed by atoms with E-state index in [0.717, 1.165) is 0 Å². The molecule has 0 bridgehead atoms. The molecule has 0 saturated heterocycles. The maximum Gasteiger partial charge on any atom is 0.267 e. The van der Waals surface area contributed by atoms with Gasteiger partial charge < -0.3 is 25.0 Å². The van der Waals surface area contributed by atoms with Crippen LogP contribution in [0.5, 0.6) is 11.5 Å². The summed E-state index contributed by atoms with van der Waals surface area (Å²) in [7, 11) is 1.48. The summed E-state index contributed by atoms with van der Waals surface area (Å²) in [6.45, 7) is 2.93. The number of rotatable bonds is 4. The summed E-state index contributed by atoms with van der Waals surface area (Å²) in [6.07, 6.45) is -0.895. The third kappa shape index (κ3) is 4.06. The minimum Gasteiger partial charge on any atom is -0.495 e. The zero-order valence-corrected chi connectivity index (χ0v) is 15.8. The highest BCUT2D eigenvalue weighted by Crippen LogP contribution is 2.34. The summed E-state index contributed by atoms with van der Waals surface area (Å²) in [6, 6.07) is 12.0. The molecule has 0 fully saturated rings. The fourth-order valence-corrected chi connectivity index (χ4v) is 2.97. The first-order chi connectivity index (χ1) is 13.4. The number of ether oxygens (including phenoxy) is 2. The van der Waals surface area contributed by atoms with Crippen molar-refractivity contribution < 1.29 is 23.9 Å². The SMILES string of the molecule is COc1ccc(NC(C)=O)cc1NC(=O)[C@@H]1CN(C(C)=O)c2ccccc2O1. The Bertz CT molecular complexity index is 928. The standard InChI is InChI=1S/C20H21N3O5/c1-12(24)21-14-8-9-17(27-3)15(10-14)22-20(26)19-11-23(13(2)25)16-6-4-5-7-18(16)28-19/h4-10,19H,11H2,1-3H3,(H,21,24)(H,22,26)/t19-/m0/s1. The number of hydrogen-bond donors (Lipinski definition) is 2. The average Bonchev–Trinajstić information content (AvgIpc) is 2.66. The van der Waals surface area contributed by atoms with Crippen molar-refractivity contribution in [1.82, 2.24) is 0 Å². The molecule has 1 aliphatic heterocycles. The molecular formula is C20H21N3O5. The molecule has 0 saturated carbocycles. The second-order valence-electron chi connectivity index (χ2n) is 6.29. The predicted molar refractivity (Wildman–Crippen MR) is 105 cm³/mol. The molecule has 1 atom stereocenters. The van der Waals surface area contributed by atoms with E-state index in [4.69, 9.17) is 9.47 Å². The van der Waals surface area contributed by atoms with Crippen molar-refractivity contribution in [3.05, 3.63) is 42.5 Å². The zero-order valence-electron chi connectivity index (χ0n) is 15.8. The van der Waals surface area contributed by atoms with E-state index < -0.39 is 12.0 Å². The Balaban J connectivity index is 1.83. The Hall–Kier alpha value is -3.55. The van der Waals surface area contributed by atoms with Gasteiger partial charge in [0, 0.05) is 19.5 Å². The number of benzene rings is 2. The van der Waals surface area contributed by atoms with Gasteiger partial charge in [0.05, 0.1) is 25.0 Å². The number of carbonyl (C=O) groups is 3. The molecule has 0 unspecified atom stereocenters. The van der Waals surface area contributed by atoms with Gasteiger partial charge >= 0.3 is 0 Å². The molecule has 1 heterocycles. The average molecular weight is 383 g/mol. The molecule has 8 heteroatoms. The Labute approximate surface area is 162 Å². The lowest BCUT2D eigenvalue weighted by Crippen LogP contribution is -2.48. The fourth-order valence-electron chi connectivity index (χ4n) is 2.97. The number of hydrogen-bond acceptors (Lipinski definition) is 5. The van der Waals surface area contributed by atoms with Crippen LogP contribution in [0.15, 0.2) is 42.5 Å². The number of methoxy groups -OCH3 is 1. The largest absolute Gasteiger partial charge is 0.495 e. The lowest BCUT2D eigenvalue weighted by atomic mass is 10.1. The van der Waals surface area contributed by atoms with Crippen LogP contribution in [0.25, 0.3) is 0 Å². The van der Waals surface area contributed by atoms with E-state index in [9.17, 15) is 14.4 Å². The molecule has 28 heavy (non-hydrogen) atoms. The molecule has 0 aliphatic carbocycles. The number of fused-ring (bicyclic) bond motifs is 1. The molecule has 3 rings (SSSR count). The zero-order chi connectivity index (χ0) is 20.3. The van der Waals surface area contributed by atoms with E-state index in [2.05, 4.69) is 10.6 Å². The van der Waals surface area contributed by atoms with Crippen LogP contribution >= 0.6 is 0 Å². The number of carbonyl (C=O) groups excluding carboxylic acids is 3. The number of para-hydroxylation sites is 2. The normalized spacial score (nSPS) is 15.1. The van der Waals surface area contributed by atoms with E-state index >= 15 is 0 Å². The predicted octanol–water partition coefficient (Wildman–Crippen LogP) is 2.41. The number of nitrogens with one attached hydrogen (secondary N) is 2. The fraction of sp³-hybridized carbons (Fsp3) is 0.250. The monoisotopic (exact) mass is 383 g/mol. The van der Waals surface area contributed by atoms with Crippen LogP contribution in [0.3, 0.4) is 0 Å². The Morgan fingerprint density at radius 2 is 1.86 bits per heavy atom. The first-order valence-electron chi connectivity index (χ1n) is 8.69. The Morgan fingerprint density at radius 3 is 2.54 bits per heavy atom. The topological polar surface area (TPSA) is 97.0 Å². The van der Waals surface area contributed by atoms with Crippen molar-refractivity contribution in [1.29, 1.82) is 0 Å². The lowest BCUT2D eigenvalue weighted by molar-refractivity contribution is -0.123. The summed E-state index contributed by atoms with van der Waals surface area (Å²) in [5.41, 5.74) is 1.53. The molecule has 1 aliphatic rings. The van der Waals surface area contributed by atoms with Gasteiger partial charge in [0.2, 0.25) is 11.8 Å². The van der Waals surface area contributed by atoms with Crippen molar-refractivity contribution in [2.24, 2.45) is 0 Å². The highest BCUT2D eigenvalue weighted by atomic mass is 16.5. The highest BCUT2D eigenvalue weighted by molar-refractivity contribution is 6.00.